The van der Waals surface area contributed by atoms with E-state index in [1.807, 2.05) is 25.9 Å². The standard InChI is InChI=1S/C23H28N2O5/c1-4-14-29-17-10-8-16(9-11-17)21(26)19-20(18-7-5-15-30-18)25(23(28)22(19)27)13-6-12-24(2)3/h5,7-11,15,20,26H,4,6,12-14H2,1-3H3/b21-19+/t20-/m0/s1. The number of furan rings is 1. The summed E-state index contributed by atoms with van der Waals surface area (Å²) in [5, 5.41) is 11.0. The second kappa shape index (κ2) is 9.63. The molecule has 2 aromatic rings. The second-order valence-corrected chi connectivity index (χ2v) is 7.54. The summed E-state index contributed by atoms with van der Waals surface area (Å²) in [6.45, 7) is 3.77. The van der Waals surface area contributed by atoms with Gasteiger partial charge >= 0.3 is 0 Å². The quantitative estimate of drug-likeness (QED) is 0.386. The molecule has 0 radical (unpaired) electrons. The van der Waals surface area contributed by atoms with Gasteiger partial charge < -0.3 is 24.1 Å². The van der Waals surface area contributed by atoms with Gasteiger partial charge in [-0.05, 0) is 69.9 Å². The van der Waals surface area contributed by atoms with Crippen LogP contribution < -0.4 is 4.74 Å². The van der Waals surface area contributed by atoms with Crippen LogP contribution in [0.25, 0.3) is 5.76 Å². The van der Waals surface area contributed by atoms with Gasteiger partial charge in [-0.3, -0.25) is 9.59 Å². The van der Waals surface area contributed by atoms with Crippen LogP contribution in [0.1, 0.15) is 37.1 Å². The highest BCUT2D eigenvalue weighted by Crippen LogP contribution is 2.39. The van der Waals surface area contributed by atoms with Gasteiger partial charge in [-0.25, -0.2) is 0 Å². The van der Waals surface area contributed by atoms with Crippen LogP contribution in [0.5, 0.6) is 5.75 Å². The van der Waals surface area contributed by atoms with E-state index in [9.17, 15) is 14.7 Å². The van der Waals surface area contributed by atoms with Crippen LogP contribution in [-0.4, -0.2) is 60.4 Å². The Labute approximate surface area is 176 Å². The van der Waals surface area contributed by atoms with Crippen molar-refractivity contribution in [1.29, 1.82) is 0 Å². The van der Waals surface area contributed by atoms with Crippen molar-refractivity contribution in [3.8, 4) is 5.75 Å². The number of benzene rings is 1. The third-order valence-electron chi connectivity index (χ3n) is 4.96. The molecule has 3 rings (SSSR count). The molecule has 1 amide bonds. The first-order valence-corrected chi connectivity index (χ1v) is 10.1. The first kappa shape index (κ1) is 21.6. The Morgan fingerprint density at radius 3 is 2.53 bits per heavy atom. The average molecular weight is 412 g/mol. The van der Waals surface area contributed by atoms with E-state index in [4.69, 9.17) is 9.15 Å². The lowest BCUT2D eigenvalue weighted by Crippen LogP contribution is -2.32. The van der Waals surface area contributed by atoms with E-state index in [2.05, 4.69) is 0 Å². The SMILES string of the molecule is CCCOc1ccc(/C(O)=C2\C(=O)C(=O)N(CCCN(C)C)[C@H]2c2ccco2)cc1. The summed E-state index contributed by atoms with van der Waals surface area (Å²) in [6.07, 6.45) is 3.08. The van der Waals surface area contributed by atoms with Crippen molar-refractivity contribution in [1.82, 2.24) is 9.80 Å². The molecule has 0 saturated carbocycles. The first-order chi connectivity index (χ1) is 14.4. The third-order valence-corrected chi connectivity index (χ3v) is 4.96. The molecule has 30 heavy (non-hydrogen) atoms. The maximum Gasteiger partial charge on any atom is 0.295 e. The van der Waals surface area contributed by atoms with Crippen LogP contribution in [0, 0.1) is 0 Å². The van der Waals surface area contributed by atoms with Crippen molar-refractivity contribution >= 4 is 17.4 Å². The summed E-state index contributed by atoms with van der Waals surface area (Å²) in [7, 11) is 3.90. The Bertz CT molecular complexity index is 900. The number of ether oxygens (including phenoxy) is 1. The van der Waals surface area contributed by atoms with Gasteiger partial charge in [-0.15, -0.1) is 0 Å². The highest BCUT2D eigenvalue weighted by Gasteiger charge is 2.47. The van der Waals surface area contributed by atoms with Crippen molar-refractivity contribution in [2.24, 2.45) is 0 Å². The average Bonchev–Trinajstić information content (AvgIpc) is 3.34. The Kier molecular flexibility index (Phi) is 6.95. The van der Waals surface area contributed by atoms with Crippen LogP contribution in [-0.2, 0) is 9.59 Å². The van der Waals surface area contributed by atoms with Crippen LogP contribution in [0.3, 0.4) is 0 Å². The molecule has 0 unspecified atom stereocenters. The highest BCUT2D eigenvalue weighted by molar-refractivity contribution is 6.46. The van der Waals surface area contributed by atoms with E-state index in [-0.39, 0.29) is 11.3 Å². The van der Waals surface area contributed by atoms with Gasteiger partial charge in [0.25, 0.3) is 11.7 Å². The van der Waals surface area contributed by atoms with E-state index < -0.39 is 17.7 Å². The number of Topliss-reactive ketones (excluding diaryl/α,β-unsaturated/α-hetero) is 1. The molecular weight excluding hydrogens is 384 g/mol. The Morgan fingerprint density at radius 2 is 1.93 bits per heavy atom. The molecule has 1 aliphatic heterocycles. The van der Waals surface area contributed by atoms with Crippen LogP contribution in [0.2, 0.25) is 0 Å². The minimum Gasteiger partial charge on any atom is -0.507 e. The van der Waals surface area contributed by atoms with Gasteiger partial charge in [-0.1, -0.05) is 6.92 Å². The van der Waals surface area contributed by atoms with Gasteiger partial charge in [0.15, 0.2) is 0 Å². The molecule has 1 aromatic carbocycles. The highest BCUT2D eigenvalue weighted by atomic mass is 16.5. The largest absolute Gasteiger partial charge is 0.507 e. The van der Waals surface area contributed by atoms with Gasteiger partial charge in [0, 0.05) is 12.1 Å². The molecule has 1 atom stereocenters. The number of amides is 1. The lowest BCUT2D eigenvalue weighted by Gasteiger charge is -2.24. The summed E-state index contributed by atoms with van der Waals surface area (Å²) in [5.41, 5.74) is 0.490. The van der Waals surface area contributed by atoms with Gasteiger partial charge in [0.1, 0.15) is 23.3 Å². The number of hydrogen-bond donors (Lipinski definition) is 1. The fourth-order valence-electron chi connectivity index (χ4n) is 3.50. The third kappa shape index (κ3) is 4.57. The predicted octanol–water partition coefficient (Wildman–Crippen LogP) is 3.44. The first-order valence-electron chi connectivity index (χ1n) is 10.1. The fourth-order valence-corrected chi connectivity index (χ4v) is 3.50. The number of aliphatic hydroxyl groups is 1. The van der Waals surface area contributed by atoms with Gasteiger partial charge in [0.05, 0.1) is 18.4 Å². The molecule has 160 valence electrons. The molecule has 1 aliphatic rings. The summed E-state index contributed by atoms with van der Waals surface area (Å²) in [4.78, 5) is 29.1. The predicted molar refractivity (Wildman–Crippen MR) is 113 cm³/mol. The summed E-state index contributed by atoms with van der Waals surface area (Å²) in [5.74, 6) is -0.416. The smallest absolute Gasteiger partial charge is 0.295 e. The summed E-state index contributed by atoms with van der Waals surface area (Å²) >= 11 is 0. The Morgan fingerprint density at radius 1 is 1.20 bits per heavy atom. The zero-order valence-electron chi connectivity index (χ0n) is 17.6. The van der Waals surface area contributed by atoms with E-state index in [1.54, 1.807) is 36.4 Å². The lowest BCUT2D eigenvalue weighted by atomic mass is 9.99. The fraction of sp³-hybridized carbons (Fsp3) is 0.391. The summed E-state index contributed by atoms with van der Waals surface area (Å²) < 4.78 is 11.1. The van der Waals surface area contributed by atoms with Crippen molar-refractivity contribution in [2.45, 2.75) is 25.8 Å². The zero-order valence-corrected chi connectivity index (χ0v) is 17.6. The van der Waals surface area contributed by atoms with Crippen LogP contribution >= 0.6 is 0 Å². The van der Waals surface area contributed by atoms with Crippen LogP contribution in [0.15, 0.2) is 52.7 Å². The molecule has 1 N–H and O–H groups in total. The van der Waals surface area contributed by atoms with E-state index >= 15 is 0 Å². The molecule has 2 heterocycles. The number of nitrogens with zero attached hydrogens (tertiary/aromatic N) is 2. The van der Waals surface area contributed by atoms with Crippen LogP contribution in [0.4, 0.5) is 0 Å². The molecule has 7 nitrogen and oxygen atoms in total. The number of likely N-dealkylation sites (tertiary alicyclic amines) is 1. The van der Waals surface area contributed by atoms with E-state index in [1.165, 1.54) is 11.2 Å². The van der Waals surface area contributed by atoms with Crippen molar-refractivity contribution in [3.05, 3.63) is 59.6 Å². The maximum atomic E-state index is 12.9. The van der Waals surface area contributed by atoms with Crippen molar-refractivity contribution in [3.63, 3.8) is 0 Å². The molecule has 0 bridgehead atoms. The minimum atomic E-state index is -0.752. The number of ketones is 1. The molecule has 0 aliphatic carbocycles. The second-order valence-electron chi connectivity index (χ2n) is 7.54. The summed E-state index contributed by atoms with van der Waals surface area (Å²) in [6, 6.07) is 9.50. The molecule has 1 fully saturated rings. The number of rotatable bonds is 9. The number of carbonyl (C=O) groups excluding carboxylic acids is 2. The van der Waals surface area contributed by atoms with E-state index in [0.717, 1.165) is 13.0 Å². The molecular formula is C23H28N2O5. The number of hydrogen-bond acceptors (Lipinski definition) is 6. The monoisotopic (exact) mass is 412 g/mol. The van der Waals surface area contributed by atoms with Crippen molar-refractivity contribution in [2.75, 3.05) is 33.8 Å². The Hall–Kier alpha value is -3.06. The number of carbonyl (C=O) groups is 2. The van der Waals surface area contributed by atoms with Gasteiger partial charge in [0.2, 0.25) is 0 Å². The maximum absolute atomic E-state index is 12.9. The van der Waals surface area contributed by atoms with E-state index in [0.29, 0.717) is 36.6 Å². The molecule has 1 aromatic heterocycles. The lowest BCUT2D eigenvalue weighted by molar-refractivity contribution is -0.140. The zero-order chi connectivity index (χ0) is 21.7. The topological polar surface area (TPSA) is 83.2 Å². The molecule has 1 saturated heterocycles. The normalized spacial score (nSPS) is 18.4. The van der Waals surface area contributed by atoms with Gasteiger partial charge in [-0.2, -0.15) is 0 Å². The molecule has 7 heteroatoms. The molecule has 0 spiro atoms. The Balaban J connectivity index is 1.95. The minimum absolute atomic E-state index is 0.0435. The number of aliphatic hydroxyl groups excluding tert-OH is 1. The van der Waals surface area contributed by atoms with Crippen molar-refractivity contribution < 1.29 is 23.8 Å².